The summed E-state index contributed by atoms with van der Waals surface area (Å²) in [5.74, 6) is 0.960. The molecule has 1 aromatic carbocycles. The van der Waals surface area contributed by atoms with E-state index >= 15 is 0 Å². The fourth-order valence-electron chi connectivity index (χ4n) is 1.38. The quantitative estimate of drug-likeness (QED) is 0.755. The zero-order valence-electron chi connectivity index (χ0n) is 9.63. The summed E-state index contributed by atoms with van der Waals surface area (Å²) in [6.07, 6.45) is 0.996. The van der Waals surface area contributed by atoms with E-state index < -0.39 is 0 Å². The monoisotopic (exact) mass is 286 g/mol. The number of aryl methyl sites for hydroxylation is 1. The van der Waals surface area contributed by atoms with Crippen molar-refractivity contribution in [2.45, 2.75) is 13.3 Å². The lowest BCUT2D eigenvalue weighted by Gasteiger charge is -2.09. The van der Waals surface area contributed by atoms with Crippen LogP contribution < -0.4 is 15.8 Å². The zero-order valence-corrected chi connectivity index (χ0v) is 11.2. The number of halogens is 1. The lowest BCUT2D eigenvalue weighted by Crippen LogP contribution is -2.24. The van der Waals surface area contributed by atoms with E-state index in [1.165, 1.54) is 0 Å². The van der Waals surface area contributed by atoms with Gasteiger partial charge in [0.15, 0.2) is 0 Å². The molecule has 0 amide bonds. The van der Waals surface area contributed by atoms with Crippen molar-refractivity contribution in [3.63, 3.8) is 0 Å². The fourth-order valence-corrected chi connectivity index (χ4v) is 1.86. The van der Waals surface area contributed by atoms with Crippen LogP contribution in [0.2, 0.25) is 0 Å². The normalized spacial score (nSPS) is 10.4. The number of nitrogens with two attached hydrogens (primary N) is 1. The van der Waals surface area contributed by atoms with Gasteiger partial charge in [-0.15, -0.1) is 0 Å². The summed E-state index contributed by atoms with van der Waals surface area (Å²) in [7, 11) is 0. The van der Waals surface area contributed by atoms with Gasteiger partial charge in [0.25, 0.3) is 0 Å². The van der Waals surface area contributed by atoms with E-state index in [1.54, 1.807) is 0 Å². The minimum absolute atomic E-state index is 0.687. The highest BCUT2D eigenvalue weighted by Crippen LogP contribution is 2.22. The Labute approximate surface area is 105 Å². The summed E-state index contributed by atoms with van der Waals surface area (Å²) in [5.41, 5.74) is 6.53. The largest absolute Gasteiger partial charge is 0.493 e. The predicted molar refractivity (Wildman–Crippen MR) is 70.9 cm³/mol. The van der Waals surface area contributed by atoms with Crippen LogP contribution in [-0.2, 0) is 0 Å². The lowest BCUT2D eigenvalue weighted by molar-refractivity contribution is 0.306. The van der Waals surface area contributed by atoms with Crippen LogP contribution in [0.3, 0.4) is 0 Å². The highest BCUT2D eigenvalue weighted by molar-refractivity contribution is 9.10. The third-order valence-electron chi connectivity index (χ3n) is 2.21. The maximum absolute atomic E-state index is 5.68. The van der Waals surface area contributed by atoms with E-state index in [9.17, 15) is 0 Å². The molecule has 0 fully saturated rings. The molecule has 0 heterocycles. The molecule has 1 rings (SSSR count). The number of hydrogen-bond donors (Lipinski definition) is 2. The molecule has 90 valence electrons. The maximum atomic E-state index is 5.68. The number of hydrogen-bond acceptors (Lipinski definition) is 3. The molecule has 16 heavy (non-hydrogen) atoms. The first-order chi connectivity index (χ1) is 7.74. The minimum Gasteiger partial charge on any atom is -0.493 e. The van der Waals surface area contributed by atoms with E-state index in [0.29, 0.717) is 6.54 Å². The van der Waals surface area contributed by atoms with Gasteiger partial charge in [0.05, 0.1) is 6.61 Å². The Morgan fingerprint density at radius 1 is 1.38 bits per heavy atom. The number of nitrogens with one attached hydrogen (secondary N) is 1. The number of benzene rings is 1. The summed E-state index contributed by atoms with van der Waals surface area (Å²) in [6, 6.07) is 6.05. The molecule has 0 aromatic heterocycles. The van der Waals surface area contributed by atoms with Crippen molar-refractivity contribution < 1.29 is 4.74 Å². The van der Waals surface area contributed by atoms with E-state index in [-0.39, 0.29) is 0 Å². The van der Waals surface area contributed by atoms with Crippen LogP contribution >= 0.6 is 15.9 Å². The van der Waals surface area contributed by atoms with Gasteiger partial charge in [-0.1, -0.05) is 15.9 Å². The number of ether oxygens (including phenoxy) is 1. The molecule has 0 atom stereocenters. The van der Waals surface area contributed by atoms with Gasteiger partial charge < -0.3 is 15.8 Å². The van der Waals surface area contributed by atoms with Crippen molar-refractivity contribution in [3.8, 4) is 5.75 Å². The third-order valence-corrected chi connectivity index (χ3v) is 2.71. The molecule has 1 aromatic rings. The van der Waals surface area contributed by atoms with Gasteiger partial charge in [-0.2, -0.15) is 0 Å². The molecule has 4 heteroatoms. The van der Waals surface area contributed by atoms with Crippen LogP contribution in [0.25, 0.3) is 0 Å². The molecule has 0 radical (unpaired) electrons. The molecule has 0 aliphatic rings. The van der Waals surface area contributed by atoms with Crippen molar-refractivity contribution in [1.82, 2.24) is 5.32 Å². The Bertz CT molecular complexity index is 318. The fraction of sp³-hybridized carbons (Fsp3) is 0.500. The van der Waals surface area contributed by atoms with Gasteiger partial charge in [0.1, 0.15) is 5.75 Å². The lowest BCUT2D eigenvalue weighted by atomic mass is 10.2. The van der Waals surface area contributed by atoms with E-state index in [4.69, 9.17) is 10.5 Å². The second kappa shape index (κ2) is 7.65. The van der Waals surface area contributed by atoms with Gasteiger partial charge in [0, 0.05) is 17.6 Å². The summed E-state index contributed by atoms with van der Waals surface area (Å²) in [6.45, 7) is 5.30. The topological polar surface area (TPSA) is 47.3 Å². The van der Waals surface area contributed by atoms with E-state index in [0.717, 1.165) is 41.9 Å². The minimum atomic E-state index is 0.687. The second-order valence-electron chi connectivity index (χ2n) is 3.65. The van der Waals surface area contributed by atoms with Gasteiger partial charge in [-0.3, -0.25) is 0 Å². The standard InChI is InChI=1S/C12H19BrN2O/c1-10-9-11(13)3-4-12(10)16-8-2-6-15-7-5-14/h3-4,9,15H,2,5-8,14H2,1H3. The Hall–Kier alpha value is -0.580. The Morgan fingerprint density at radius 2 is 2.19 bits per heavy atom. The summed E-state index contributed by atoms with van der Waals surface area (Å²) in [4.78, 5) is 0. The molecular formula is C12H19BrN2O. The van der Waals surface area contributed by atoms with Crippen LogP contribution in [0.15, 0.2) is 22.7 Å². The third kappa shape index (κ3) is 4.96. The van der Waals surface area contributed by atoms with Gasteiger partial charge in [-0.05, 0) is 43.7 Å². The van der Waals surface area contributed by atoms with Crippen molar-refractivity contribution >= 4 is 15.9 Å². The molecule has 3 N–H and O–H groups in total. The van der Waals surface area contributed by atoms with Crippen molar-refractivity contribution in [2.75, 3.05) is 26.2 Å². The van der Waals surface area contributed by atoms with Crippen LogP contribution in [0, 0.1) is 6.92 Å². The van der Waals surface area contributed by atoms with Crippen LogP contribution in [0.1, 0.15) is 12.0 Å². The van der Waals surface area contributed by atoms with E-state index in [2.05, 4.69) is 27.3 Å². The summed E-state index contributed by atoms with van der Waals surface area (Å²) >= 11 is 3.43. The van der Waals surface area contributed by atoms with Gasteiger partial charge in [-0.25, -0.2) is 0 Å². The SMILES string of the molecule is Cc1cc(Br)ccc1OCCCNCCN. The highest BCUT2D eigenvalue weighted by atomic mass is 79.9. The summed E-state index contributed by atoms with van der Waals surface area (Å²) < 4.78 is 6.77. The first-order valence-electron chi connectivity index (χ1n) is 5.54. The van der Waals surface area contributed by atoms with Gasteiger partial charge >= 0.3 is 0 Å². The van der Waals surface area contributed by atoms with Crippen molar-refractivity contribution in [1.29, 1.82) is 0 Å². The van der Waals surface area contributed by atoms with Crippen molar-refractivity contribution in [3.05, 3.63) is 28.2 Å². The predicted octanol–water partition coefficient (Wildman–Crippen LogP) is 2.07. The highest BCUT2D eigenvalue weighted by Gasteiger charge is 1.99. The van der Waals surface area contributed by atoms with Crippen LogP contribution in [0.4, 0.5) is 0 Å². The molecule has 0 saturated heterocycles. The maximum Gasteiger partial charge on any atom is 0.122 e. The van der Waals surface area contributed by atoms with Crippen LogP contribution in [0.5, 0.6) is 5.75 Å². The number of rotatable bonds is 7. The van der Waals surface area contributed by atoms with Crippen molar-refractivity contribution in [2.24, 2.45) is 5.73 Å². The van der Waals surface area contributed by atoms with Gasteiger partial charge in [0.2, 0.25) is 0 Å². The Morgan fingerprint density at radius 3 is 2.88 bits per heavy atom. The first kappa shape index (κ1) is 13.5. The molecule has 0 unspecified atom stereocenters. The Kier molecular flexibility index (Phi) is 6.45. The van der Waals surface area contributed by atoms with Crippen LogP contribution in [-0.4, -0.2) is 26.2 Å². The molecular weight excluding hydrogens is 268 g/mol. The second-order valence-corrected chi connectivity index (χ2v) is 4.57. The van der Waals surface area contributed by atoms with E-state index in [1.807, 2.05) is 19.1 Å². The average molecular weight is 287 g/mol. The smallest absolute Gasteiger partial charge is 0.122 e. The average Bonchev–Trinajstić information content (AvgIpc) is 2.26. The molecule has 0 saturated carbocycles. The Balaban J connectivity index is 2.21. The molecule has 0 bridgehead atoms. The molecule has 3 nitrogen and oxygen atoms in total. The molecule has 0 aliphatic heterocycles. The zero-order chi connectivity index (χ0) is 11.8. The molecule has 0 spiro atoms. The first-order valence-corrected chi connectivity index (χ1v) is 6.33. The molecule has 0 aliphatic carbocycles. The summed E-state index contributed by atoms with van der Waals surface area (Å²) in [5, 5.41) is 3.23.